The molecule has 6 heteroatoms. The molecular formula is C13H22N2O4. The molecule has 3 atom stereocenters. The molecule has 0 aromatic rings. The number of aliphatic hydroxyl groups is 1. The maximum absolute atomic E-state index is 12.2. The molecule has 0 aromatic heterocycles. The molecular weight excluding hydrogens is 248 g/mol. The Labute approximate surface area is 112 Å². The SMILES string of the molecule is O=C(O)[C@H](CCO)NC(=O)N1CCCC2CCCC21. The van der Waals surface area contributed by atoms with Crippen LogP contribution in [0.2, 0.25) is 0 Å². The number of rotatable bonds is 4. The Morgan fingerprint density at radius 2 is 2.00 bits per heavy atom. The number of aliphatic hydroxyl groups excluding tert-OH is 1. The van der Waals surface area contributed by atoms with Crippen LogP contribution in [0.3, 0.4) is 0 Å². The first-order valence-corrected chi connectivity index (χ1v) is 7.04. The smallest absolute Gasteiger partial charge is 0.326 e. The van der Waals surface area contributed by atoms with Crippen LogP contribution in [0.5, 0.6) is 0 Å². The van der Waals surface area contributed by atoms with Gasteiger partial charge in [-0.05, 0) is 31.6 Å². The Morgan fingerprint density at radius 3 is 2.68 bits per heavy atom. The summed E-state index contributed by atoms with van der Waals surface area (Å²) >= 11 is 0. The van der Waals surface area contributed by atoms with Crippen molar-refractivity contribution in [1.29, 1.82) is 0 Å². The normalized spacial score (nSPS) is 27.7. The number of carbonyl (C=O) groups is 2. The lowest BCUT2D eigenvalue weighted by Gasteiger charge is -2.38. The Bertz CT molecular complexity index is 348. The maximum Gasteiger partial charge on any atom is 0.326 e. The Kier molecular flexibility index (Phi) is 4.63. The molecule has 3 N–H and O–H groups in total. The van der Waals surface area contributed by atoms with Crippen molar-refractivity contribution < 1.29 is 19.8 Å². The number of nitrogens with zero attached hydrogens (tertiary/aromatic N) is 1. The molecule has 1 saturated heterocycles. The first-order valence-electron chi connectivity index (χ1n) is 7.04. The molecule has 2 unspecified atom stereocenters. The van der Waals surface area contributed by atoms with Crippen LogP contribution in [0, 0.1) is 5.92 Å². The Morgan fingerprint density at radius 1 is 1.26 bits per heavy atom. The molecule has 0 bridgehead atoms. The van der Waals surface area contributed by atoms with E-state index < -0.39 is 12.0 Å². The Hall–Kier alpha value is -1.30. The maximum atomic E-state index is 12.2. The number of amides is 2. The summed E-state index contributed by atoms with van der Waals surface area (Å²) in [6.07, 6.45) is 5.56. The summed E-state index contributed by atoms with van der Waals surface area (Å²) in [6, 6.07) is -1.02. The van der Waals surface area contributed by atoms with Crippen molar-refractivity contribution in [3.63, 3.8) is 0 Å². The van der Waals surface area contributed by atoms with Gasteiger partial charge in [-0.2, -0.15) is 0 Å². The number of hydrogen-bond acceptors (Lipinski definition) is 3. The standard InChI is InChI=1S/C13H22N2O4/c16-8-6-10(12(17)18)14-13(19)15-7-2-4-9-3-1-5-11(9)15/h9-11,16H,1-8H2,(H,14,19)(H,17,18)/t9?,10-,11?/m0/s1. The first-order chi connectivity index (χ1) is 9.13. The van der Waals surface area contributed by atoms with Gasteiger partial charge in [0.15, 0.2) is 0 Å². The average molecular weight is 270 g/mol. The van der Waals surface area contributed by atoms with Gasteiger partial charge in [0.1, 0.15) is 6.04 Å². The summed E-state index contributed by atoms with van der Waals surface area (Å²) < 4.78 is 0. The van der Waals surface area contributed by atoms with E-state index in [1.165, 1.54) is 12.8 Å². The highest BCUT2D eigenvalue weighted by molar-refractivity contribution is 5.82. The number of carboxylic acids is 1. The largest absolute Gasteiger partial charge is 0.480 e. The zero-order chi connectivity index (χ0) is 13.8. The number of fused-ring (bicyclic) bond motifs is 1. The molecule has 2 aliphatic rings. The predicted molar refractivity (Wildman–Crippen MR) is 68.7 cm³/mol. The van der Waals surface area contributed by atoms with Gasteiger partial charge in [-0.1, -0.05) is 6.42 Å². The molecule has 2 fully saturated rings. The van der Waals surface area contributed by atoms with Crippen molar-refractivity contribution in [2.45, 2.75) is 50.6 Å². The van der Waals surface area contributed by atoms with E-state index in [2.05, 4.69) is 5.32 Å². The summed E-state index contributed by atoms with van der Waals surface area (Å²) in [5, 5.41) is 20.4. The molecule has 2 amide bonds. The van der Waals surface area contributed by atoms with Crippen molar-refractivity contribution in [3.8, 4) is 0 Å². The van der Waals surface area contributed by atoms with Crippen LogP contribution in [0.25, 0.3) is 0 Å². The molecule has 19 heavy (non-hydrogen) atoms. The number of piperidine rings is 1. The van der Waals surface area contributed by atoms with Crippen molar-refractivity contribution >= 4 is 12.0 Å². The zero-order valence-corrected chi connectivity index (χ0v) is 11.0. The van der Waals surface area contributed by atoms with Gasteiger partial charge in [0.2, 0.25) is 0 Å². The summed E-state index contributed by atoms with van der Waals surface area (Å²) in [4.78, 5) is 25.0. The third-order valence-electron chi connectivity index (χ3n) is 4.27. The number of carbonyl (C=O) groups excluding carboxylic acids is 1. The number of urea groups is 1. The van der Waals surface area contributed by atoms with E-state index in [1.807, 2.05) is 0 Å². The summed E-state index contributed by atoms with van der Waals surface area (Å²) in [5.41, 5.74) is 0. The molecule has 108 valence electrons. The lowest BCUT2D eigenvalue weighted by molar-refractivity contribution is -0.139. The zero-order valence-electron chi connectivity index (χ0n) is 11.0. The van der Waals surface area contributed by atoms with Gasteiger partial charge in [0, 0.05) is 25.6 Å². The number of aliphatic carboxylic acids is 1. The van der Waals surface area contributed by atoms with Gasteiger partial charge in [-0.25, -0.2) is 9.59 Å². The topological polar surface area (TPSA) is 89.9 Å². The van der Waals surface area contributed by atoms with E-state index in [0.717, 1.165) is 19.3 Å². The number of nitrogens with one attached hydrogen (secondary N) is 1. The van der Waals surface area contributed by atoms with Crippen molar-refractivity contribution in [2.24, 2.45) is 5.92 Å². The van der Waals surface area contributed by atoms with Gasteiger partial charge in [0.25, 0.3) is 0 Å². The van der Waals surface area contributed by atoms with E-state index in [4.69, 9.17) is 10.2 Å². The van der Waals surface area contributed by atoms with Crippen LogP contribution in [0.15, 0.2) is 0 Å². The van der Waals surface area contributed by atoms with E-state index in [1.54, 1.807) is 4.90 Å². The van der Waals surface area contributed by atoms with Crippen molar-refractivity contribution in [3.05, 3.63) is 0 Å². The number of hydrogen-bond donors (Lipinski definition) is 3. The van der Waals surface area contributed by atoms with Crippen LogP contribution in [-0.2, 0) is 4.79 Å². The summed E-state index contributed by atoms with van der Waals surface area (Å²) in [6.45, 7) is 0.460. The lowest BCUT2D eigenvalue weighted by atomic mass is 9.92. The third-order valence-corrected chi connectivity index (χ3v) is 4.27. The fourth-order valence-corrected chi connectivity index (χ4v) is 3.32. The summed E-state index contributed by atoms with van der Waals surface area (Å²) in [5.74, 6) is -0.511. The van der Waals surface area contributed by atoms with Crippen LogP contribution in [-0.4, -0.2) is 52.3 Å². The van der Waals surface area contributed by atoms with Crippen molar-refractivity contribution in [1.82, 2.24) is 10.2 Å². The summed E-state index contributed by atoms with van der Waals surface area (Å²) in [7, 11) is 0. The van der Waals surface area contributed by atoms with Crippen LogP contribution in [0.1, 0.15) is 38.5 Å². The minimum atomic E-state index is -1.10. The molecule has 0 spiro atoms. The van der Waals surface area contributed by atoms with Gasteiger partial charge in [-0.3, -0.25) is 0 Å². The van der Waals surface area contributed by atoms with E-state index >= 15 is 0 Å². The highest BCUT2D eigenvalue weighted by Crippen LogP contribution is 2.36. The Balaban J connectivity index is 1.96. The second kappa shape index (κ2) is 6.23. The second-order valence-electron chi connectivity index (χ2n) is 5.45. The number of likely N-dealkylation sites (tertiary alicyclic amines) is 1. The fourth-order valence-electron chi connectivity index (χ4n) is 3.32. The van der Waals surface area contributed by atoms with Crippen LogP contribution >= 0.6 is 0 Å². The highest BCUT2D eigenvalue weighted by Gasteiger charge is 2.38. The quantitative estimate of drug-likeness (QED) is 0.704. The average Bonchev–Trinajstić information content (AvgIpc) is 2.85. The van der Waals surface area contributed by atoms with E-state index in [0.29, 0.717) is 12.5 Å². The van der Waals surface area contributed by atoms with Gasteiger partial charge < -0.3 is 20.4 Å². The van der Waals surface area contributed by atoms with E-state index in [-0.39, 0.29) is 25.1 Å². The molecule has 1 saturated carbocycles. The molecule has 2 rings (SSSR count). The van der Waals surface area contributed by atoms with Gasteiger partial charge in [0.05, 0.1) is 0 Å². The monoisotopic (exact) mass is 270 g/mol. The number of carboxylic acid groups (broad SMARTS) is 1. The van der Waals surface area contributed by atoms with Gasteiger partial charge in [-0.15, -0.1) is 0 Å². The van der Waals surface area contributed by atoms with Crippen molar-refractivity contribution in [2.75, 3.05) is 13.2 Å². The second-order valence-corrected chi connectivity index (χ2v) is 5.45. The molecule has 6 nitrogen and oxygen atoms in total. The predicted octanol–water partition coefficient (Wildman–Crippen LogP) is 0.796. The molecule has 0 aromatic carbocycles. The minimum Gasteiger partial charge on any atom is -0.480 e. The molecule has 0 radical (unpaired) electrons. The molecule has 1 aliphatic heterocycles. The lowest BCUT2D eigenvalue weighted by Crippen LogP contribution is -2.54. The first kappa shape index (κ1) is 14.1. The fraction of sp³-hybridized carbons (Fsp3) is 0.846. The molecule has 1 aliphatic carbocycles. The van der Waals surface area contributed by atoms with E-state index in [9.17, 15) is 9.59 Å². The van der Waals surface area contributed by atoms with Crippen LogP contribution < -0.4 is 5.32 Å². The van der Waals surface area contributed by atoms with Crippen LogP contribution in [0.4, 0.5) is 4.79 Å². The van der Waals surface area contributed by atoms with Gasteiger partial charge >= 0.3 is 12.0 Å². The highest BCUT2D eigenvalue weighted by atomic mass is 16.4. The third kappa shape index (κ3) is 3.18. The minimum absolute atomic E-state index is 0.0447. The molecule has 1 heterocycles.